The van der Waals surface area contributed by atoms with Crippen LogP contribution in [0.4, 0.5) is 10.5 Å². The number of aryl methyl sites for hydroxylation is 1. The number of anilines is 1. The van der Waals surface area contributed by atoms with Gasteiger partial charge in [-0.15, -0.1) is 0 Å². The molecule has 1 aliphatic carbocycles. The molecule has 8 nitrogen and oxygen atoms in total. The quantitative estimate of drug-likeness (QED) is 0.779. The zero-order chi connectivity index (χ0) is 21.5. The monoisotopic (exact) mass is 412 g/mol. The van der Waals surface area contributed by atoms with Crippen molar-refractivity contribution in [3.63, 3.8) is 0 Å². The van der Waals surface area contributed by atoms with E-state index in [-0.39, 0.29) is 18.7 Å². The third-order valence-electron chi connectivity index (χ3n) is 6.71. The summed E-state index contributed by atoms with van der Waals surface area (Å²) in [5.74, 6) is -1.78. The number of carbonyl (C=O) groups excluding carboxylic acids is 4. The lowest BCUT2D eigenvalue weighted by molar-refractivity contribution is -0.308. The van der Waals surface area contributed by atoms with E-state index in [1.807, 2.05) is 19.1 Å². The van der Waals surface area contributed by atoms with Gasteiger partial charge in [-0.3, -0.25) is 9.59 Å². The van der Waals surface area contributed by atoms with Gasteiger partial charge in [0, 0.05) is 18.9 Å². The summed E-state index contributed by atoms with van der Waals surface area (Å²) in [4.78, 5) is 52.9. The van der Waals surface area contributed by atoms with E-state index in [9.17, 15) is 24.3 Å². The second-order valence-electron chi connectivity index (χ2n) is 8.82. The van der Waals surface area contributed by atoms with Crippen molar-refractivity contribution in [1.82, 2.24) is 10.2 Å². The van der Waals surface area contributed by atoms with Crippen molar-refractivity contribution < 1.29 is 24.3 Å². The van der Waals surface area contributed by atoms with E-state index in [2.05, 4.69) is 5.32 Å². The second-order valence-corrected chi connectivity index (χ2v) is 8.82. The van der Waals surface area contributed by atoms with E-state index in [0.717, 1.165) is 23.3 Å². The van der Waals surface area contributed by atoms with Crippen LogP contribution in [0.3, 0.4) is 0 Å². The van der Waals surface area contributed by atoms with Crippen molar-refractivity contribution in [3.8, 4) is 0 Å². The van der Waals surface area contributed by atoms with E-state index < -0.39 is 35.4 Å². The molecule has 1 aromatic carbocycles. The highest BCUT2D eigenvalue weighted by molar-refractivity contribution is 6.19. The number of hydrogen-bond donors (Lipinski definition) is 1. The lowest BCUT2D eigenvalue weighted by Gasteiger charge is -2.38. The van der Waals surface area contributed by atoms with Crippen LogP contribution >= 0.6 is 0 Å². The lowest BCUT2D eigenvalue weighted by Crippen LogP contribution is -2.65. The van der Waals surface area contributed by atoms with Gasteiger partial charge in [0.05, 0.1) is 11.7 Å². The molecule has 0 spiro atoms. The Morgan fingerprint density at radius 3 is 2.43 bits per heavy atom. The van der Waals surface area contributed by atoms with Crippen molar-refractivity contribution in [2.45, 2.75) is 64.0 Å². The van der Waals surface area contributed by atoms with Crippen LogP contribution in [0.2, 0.25) is 0 Å². The van der Waals surface area contributed by atoms with Crippen molar-refractivity contribution in [1.29, 1.82) is 0 Å². The summed E-state index contributed by atoms with van der Waals surface area (Å²) < 4.78 is 0. The van der Waals surface area contributed by atoms with E-state index in [4.69, 9.17) is 0 Å². The number of carboxylic acids is 1. The van der Waals surface area contributed by atoms with Gasteiger partial charge >= 0.3 is 6.03 Å². The Morgan fingerprint density at radius 1 is 1.13 bits per heavy atom. The molecular formula is C22H26N3O5-. The fourth-order valence-corrected chi connectivity index (χ4v) is 5.19. The van der Waals surface area contributed by atoms with Crippen molar-refractivity contribution in [3.05, 3.63) is 29.8 Å². The first-order valence-electron chi connectivity index (χ1n) is 10.5. The maximum atomic E-state index is 13.3. The molecule has 1 N–H and O–H groups in total. The third-order valence-corrected chi connectivity index (χ3v) is 6.71. The van der Waals surface area contributed by atoms with E-state index in [1.165, 1.54) is 4.90 Å². The number of likely N-dealkylation sites (tertiary alicyclic amines) is 1. The van der Waals surface area contributed by atoms with Gasteiger partial charge in [0.1, 0.15) is 6.04 Å². The summed E-state index contributed by atoms with van der Waals surface area (Å²) >= 11 is 0. The highest BCUT2D eigenvalue weighted by atomic mass is 16.4. The van der Waals surface area contributed by atoms with Crippen LogP contribution in [0.5, 0.6) is 0 Å². The largest absolute Gasteiger partial charge is 0.550 e. The van der Waals surface area contributed by atoms with E-state index >= 15 is 0 Å². The molecule has 30 heavy (non-hydrogen) atoms. The molecule has 1 saturated carbocycles. The van der Waals surface area contributed by atoms with Gasteiger partial charge in [-0.25, -0.2) is 9.69 Å². The Hall–Kier alpha value is -2.90. The van der Waals surface area contributed by atoms with Gasteiger partial charge < -0.3 is 20.1 Å². The lowest BCUT2D eigenvalue weighted by atomic mass is 9.79. The maximum Gasteiger partial charge on any atom is 0.329 e. The molecule has 0 aromatic heterocycles. The Balaban J connectivity index is 1.55. The minimum absolute atomic E-state index is 0.0932. The van der Waals surface area contributed by atoms with Crippen molar-refractivity contribution in [2.24, 2.45) is 5.41 Å². The molecule has 2 aliphatic heterocycles. The minimum atomic E-state index is -1.14. The molecule has 4 rings (SSSR count). The molecule has 3 fully saturated rings. The smallest absolute Gasteiger partial charge is 0.329 e. The summed E-state index contributed by atoms with van der Waals surface area (Å²) in [6.07, 6.45) is 3.59. The highest BCUT2D eigenvalue weighted by Gasteiger charge is 2.50. The summed E-state index contributed by atoms with van der Waals surface area (Å²) in [5, 5.41) is 14.1. The Kier molecular flexibility index (Phi) is 5.26. The molecule has 3 aliphatic rings. The van der Waals surface area contributed by atoms with Crippen LogP contribution in [0, 0.1) is 12.3 Å². The minimum Gasteiger partial charge on any atom is -0.550 e. The first kappa shape index (κ1) is 20.4. The summed E-state index contributed by atoms with van der Waals surface area (Å²) in [5.41, 5.74) is 0.880. The van der Waals surface area contributed by atoms with Gasteiger partial charge in [0.15, 0.2) is 0 Å². The Bertz CT molecular complexity index is 875. The predicted octanol–water partition coefficient (Wildman–Crippen LogP) is 1.11. The average molecular weight is 412 g/mol. The fourth-order valence-electron chi connectivity index (χ4n) is 5.19. The second kappa shape index (κ2) is 7.74. The zero-order valence-corrected chi connectivity index (χ0v) is 17.1. The van der Waals surface area contributed by atoms with Crippen LogP contribution < -0.4 is 15.3 Å². The topological polar surface area (TPSA) is 110 Å². The molecule has 2 saturated heterocycles. The standard InChI is InChI=1S/C22H27N3O5/c1-14-4-6-15(7-5-14)25-20(29)19-16(23-21(25)30)8-11-24(19)17(26)12-22(13-18(27)28)9-2-3-10-22/h4-7,16,19H,2-3,8-13H2,1H3,(H,23,30)(H,27,28)/p-1/t16-,19+/m1/s1. The highest BCUT2D eigenvalue weighted by Crippen LogP contribution is 2.44. The molecule has 0 unspecified atom stereocenters. The average Bonchev–Trinajstić information content (AvgIpc) is 3.30. The van der Waals surface area contributed by atoms with Crippen LogP contribution in [-0.4, -0.2) is 47.3 Å². The predicted molar refractivity (Wildman–Crippen MR) is 106 cm³/mol. The molecule has 8 heteroatoms. The van der Waals surface area contributed by atoms with Crippen molar-refractivity contribution in [2.75, 3.05) is 11.4 Å². The molecule has 160 valence electrons. The first-order valence-corrected chi connectivity index (χ1v) is 10.5. The number of carboxylic acid groups (broad SMARTS) is 1. The SMILES string of the molecule is Cc1ccc(N2C(=O)N[C@@H]3CCN(C(=O)CC4(CC(=O)[O-])CCCC4)[C@@H]3C2=O)cc1. The number of carbonyl (C=O) groups is 4. The van der Waals surface area contributed by atoms with Crippen LogP contribution in [-0.2, 0) is 14.4 Å². The number of rotatable bonds is 5. The van der Waals surface area contributed by atoms with Gasteiger partial charge in [-0.05, 0) is 50.2 Å². The molecule has 2 heterocycles. The number of nitrogens with one attached hydrogen (secondary N) is 1. The Labute approximate surface area is 175 Å². The van der Waals surface area contributed by atoms with Gasteiger partial charge in [-0.2, -0.15) is 0 Å². The van der Waals surface area contributed by atoms with Gasteiger partial charge in [-0.1, -0.05) is 30.5 Å². The molecule has 2 atom stereocenters. The summed E-state index contributed by atoms with van der Waals surface area (Å²) in [7, 11) is 0. The number of hydrogen-bond acceptors (Lipinski definition) is 5. The van der Waals surface area contributed by atoms with E-state index in [0.29, 0.717) is 31.5 Å². The number of amides is 4. The van der Waals surface area contributed by atoms with Crippen LogP contribution in [0.1, 0.15) is 50.5 Å². The van der Waals surface area contributed by atoms with Crippen molar-refractivity contribution >= 4 is 29.5 Å². The number of benzene rings is 1. The van der Waals surface area contributed by atoms with E-state index in [1.54, 1.807) is 12.1 Å². The summed E-state index contributed by atoms with van der Waals surface area (Å²) in [6.45, 7) is 2.28. The zero-order valence-electron chi connectivity index (χ0n) is 17.1. The fraction of sp³-hybridized carbons (Fsp3) is 0.545. The summed E-state index contributed by atoms with van der Waals surface area (Å²) in [6, 6.07) is 5.40. The molecular weight excluding hydrogens is 386 g/mol. The molecule has 4 amide bonds. The van der Waals surface area contributed by atoms with Crippen LogP contribution in [0.25, 0.3) is 0 Å². The maximum absolute atomic E-state index is 13.3. The normalized spacial score (nSPS) is 25.2. The molecule has 0 bridgehead atoms. The van der Waals surface area contributed by atoms with Gasteiger partial charge in [0.25, 0.3) is 5.91 Å². The first-order chi connectivity index (χ1) is 14.3. The van der Waals surface area contributed by atoms with Crippen LogP contribution in [0.15, 0.2) is 24.3 Å². The number of urea groups is 1. The Morgan fingerprint density at radius 2 is 1.80 bits per heavy atom. The number of imide groups is 1. The van der Waals surface area contributed by atoms with Gasteiger partial charge in [0.2, 0.25) is 5.91 Å². The number of aliphatic carboxylic acids is 1. The third kappa shape index (κ3) is 3.66. The number of fused-ring (bicyclic) bond motifs is 1. The number of nitrogens with zero attached hydrogens (tertiary/aromatic N) is 2. The molecule has 0 radical (unpaired) electrons. The molecule has 1 aromatic rings.